The van der Waals surface area contributed by atoms with Gasteiger partial charge >= 0.3 is 0 Å². The quantitative estimate of drug-likeness (QED) is 0.862. The van der Waals surface area contributed by atoms with Crippen LogP contribution in [0, 0.1) is 18.7 Å². The molecule has 0 fully saturated rings. The number of benzene rings is 2. The number of nitrogens with zero attached hydrogens (tertiary/aromatic N) is 1. The fourth-order valence-corrected chi connectivity index (χ4v) is 2.94. The van der Waals surface area contributed by atoms with Crippen molar-refractivity contribution >= 4 is 11.6 Å². The number of allylic oxidation sites excluding steroid dienone is 1. The molecule has 0 unspecified atom stereocenters. The van der Waals surface area contributed by atoms with E-state index in [1.807, 2.05) is 50.0 Å². The molecule has 136 valence electrons. The van der Waals surface area contributed by atoms with Crippen LogP contribution in [0.25, 0.3) is 0 Å². The van der Waals surface area contributed by atoms with Crippen LogP contribution >= 0.6 is 0 Å². The van der Waals surface area contributed by atoms with Gasteiger partial charge in [-0.25, -0.2) is 4.39 Å². The minimum absolute atomic E-state index is 0.0774. The third-order valence-electron chi connectivity index (χ3n) is 4.46. The molecule has 1 heterocycles. The van der Waals surface area contributed by atoms with Crippen molar-refractivity contribution in [2.45, 2.75) is 27.3 Å². The Balaban J connectivity index is 1.70. The van der Waals surface area contributed by atoms with Crippen LogP contribution in [0.1, 0.15) is 25.0 Å². The van der Waals surface area contributed by atoms with Gasteiger partial charge in [0.25, 0.3) is 5.91 Å². The molecule has 1 aliphatic heterocycles. The second kappa shape index (κ2) is 7.60. The van der Waals surface area contributed by atoms with Crippen molar-refractivity contribution in [3.63, 3.8) is 0 Å². The van der Waals surface area contributed by atoms with Crippen LogP contribution in [0.5, 0.6) is 0 Å². The minimum Gasteiger partial charge on any atom is -0.348 e. The first kappa shape index (κ1) is 18.0. The van der Waals surface area contributed by atoms with Crippen LogP contribution in [0.2, 0.25) is 0 Å². The SMILES string of the molecule is Cc1ccc(CNC(=O)C2=C(C(C)C)NN(c3ccc(F)cc3)C2)cc1. The Hall–Kier alpha value is -2.82. The number of halogens is 1. The van der Waals surface area contributed by atoms with Gasteiger partial charge in [-0.15, -0.1) is 0 Å². The Morgan fingerprint density at radius 1 is 1.15 bits per heavy atom. The van der Waals surface area contributed by atoms with Crippen LogP contribution in [0.3, 0.4) is 0 Å². The molecule has 0 aromatic heterocycles. The van der Waals surface area contributed by atoms with E-state index in [1.165, 1.54) is 17.7 Å². The molecule has 26 heavy (non-hydrogen) atoms. The average molecular weight is 353 g/mol. The lowest BCUT2D eigenvalue weighted by Crippen LogP contribution is -2.33. The number of carbonyl (C=O) groups excluding carboxylic acids is 1. The fourth-order valence-electron chi connectivity index (χ4n) is 2.94. The van der Waals surface area contributed by atoms with Crippen molar-refractivity contribution in [3.8, 4) is 0 Å². The number of anilines is 1. The molecule has 0 radical (unpaired) electrons. The number of rotatable bonds is 5. The molecule has 0 atom stereocenters. The number of hydrogen-bond acceptors (Lipinski definition) is 3. The molecule has 0 spiro atoms. The predicted octanol–water partition coefficient (Wildman–Crippen LogP) is 3.69. The van der Waals surface area contributed by atoms with Crippen LogP contribution in [-0.2, 0) is 11.3 Å². The highest BCUT2D eigenvalue weighted by Gasteiger charge is 2.28. The summed E-state index contributed by atoms with van der Waals surface area (Å²) >= 11 is 0. The summed E-state index contributed by atoms with van der Waals surface area (Å²) in [6, 6.07) is 14.3. The first-order valence-electron chi connectivity index (χ1n) is 8.80. The zero-order chi connectivity index (χ0) is 18.7. The van der Waals surface area contributed by atoms with Crippen molar-refractivity contribution in [2.24, 2.45) is 5.92 Å². The molecular formula is C21H24FN3O. The lowest BCUT2D eigenvalue weighted by atomic mass is 10.1. The predicted molar refractivity (Wildman–Crippen MR) is 102 cm³/mol. The van der Waals surface area contributed by atoms with E-state index in [0.29, 0.717) is 13.1 Å². The summed E-state index contributed by atoms with van der Waals surface area (Å²) in [6.07, 6.45) is 0. The van der Waals surface area contributed by atoms with E-state index in [1.54, 1.807) is 12.1 Å². The molecule has 0 bridgehead atoms. The minimum atomic E-state index is -0.277. The third kappa shape index (κ3) is 4.04. The van der Waals surface area contributed by atoms with Gasteiger partial charge in [0.05, 0.1) is 17.8 Å². The van der Waals surface area contributed by atoms with Gasteiger partial charge in [-0.2, -0.15) is 0 Å². The van der Waals surface area contributed by atoms with Crippen LogP contribution in [0.15, 0.2) is 59.8 Å². The number of carbonyl (C=O) groups is 1. The molecule has 2 N–H and O–H groups in total. The average Bonchev–Trinajstić information content (AvgIpc) is 3.07. The van der Waals surface area contributed by atoms with E-state index in [2.05, 4.69) is 10.7 Å². The second-order valence-corrected chi connectivity index (χ2v) is 6.89. The smallest absolute Gasteiger partial charge is 0.251 e. The molecule has 1 aliphatic rings. The van der Waals surface area contributed by atoms with Crippen LogP contribution in [0.4, 0.5) is 10.1 Å². The summed E-state index contributed by atoms with van der Waals surface area (Å²) in [5.41, 5.74) is 8.00. The molecule has 5 heteroatoms. The van der Waals surface area contributed by atoms with Crippen molar-refractivity contribution in [2.75, 3.05) is 11.6 Å². The molecule has 0 saturated carbocycles. The van der Waals surface area contributed by atoms with Crippen molar-refractivity contribution in [1.29, 1.82) is 0 Å². The van der Waals surface area contributed by atoms with Gasteiger partial charge in [-0.3, -0.25) is 9.80 Å². The van der Waals surface area contributed by atoms with Gasteiger partial charge in [0.15, 0.2) is 0 Å². The lowest BCUT2D eigenvalue weighted by Gasteiger charge is -2.21. The Bertz CT molecular complexity index is 810. The van der Waals surface area contributed by atoms with E-state index in [9.17, 15) is 9.18 Å². The normalized spacial score (nSPS) is 14.0. The Morgan fingerprint density at radius 3 is 2.42 bits per heavy atom. The summed E-state index contributed by atoms with van der Waals surface area (Å²) in [5, 5.41) is 4.87. The summed E-state index contributed by atoms with van der Waals surface area (Å²) in [7, 11) is 0. The zero-order valence-corrected chi connectivity index (χ0v) is 15.3. The highest BCUT2D eigenvalue weighted by Crippen LogP contribution is 2.25. The summed E-state index contributed by atoms with van der Waals surface area (Å²) < 4.78 is 13.2. The first-order chi connectivity index (χ1) is 12.4. The van der Waals surface area contributed by atoms with Crippen molar-refractivity contribution < 1.29 is 9.18 Å². The maximum Gasteiger partial charge on any atom is 0.251 e. The van der Waals surface area contributed by atoms with Crippen molar-refractivity contribution in [3.05, 3.63) is 76.7 Å². The van der Waals surface area contributed by atoms with E-state index in [-0.39, 0.29) is 17.6 Å². The topological polar surface area (TPSA) is 44.4 Å². The molecule has 0 aliphatic carbocycles. The van der Waals surface area contributed by atoms with E-state index >= 15 is 0 Å². The second-order valence-electron chi connectivity index (χ2n) is 6.89. The van der Waals surface area contributed by atoms with Gasteiger partial charge in [-0.05, 0) is 42.7 Å². The largest absolute Gasteiger partial charge is 0.348 e. The summed E-state index contributed by atoms with van der Waals surface area (Å²) in [6.45, 7) is 7.06. The van der Waals surface area contributed by atoms with Gasteiger partial charge in [0.2, 0.25) is 0 Å². The highest BCUT2D eigenvalue weighted by molar-refractivity contribution is 5.96. The van der Waals surface area contributed by atoms with Crippen molar-refractivity contribution in [1.82, 2.24) is 10.7 Å². The summed E-state index contributed by atoms with van der Waals surface area (Å²) in [4.78, 5) is 12.7. The molecular weight excluding hydrogens is 329 g/mol. The molecule has 0 saturated heterocycles. The lowest BCUT2D eigenvalue weighted by molar-refractivity contribution is -0.117. The molecule has 2 aromatic carbocycles. The van der Waals surface area contributed by atoms with Crippen LogP contribution in [-0.4, -0.2) is 12.5 Å². The van der Waals surface area contributed by atoms with Gasteiger partial charge in [0.1, 0.15) is 5.82 Å². The number of hydrogen-bond donors (Lipinski definition) is 2. The number of amides is 1. The Kier molecular flexibility index (Phi) is 5.26. The van der Waals surface area contributed by atoms with Gasteiger partial charge in [-0.1, -0.05) is 43.7 Å². The van der Waals surface area contributed by atoms with E-state index in [4.69, 9.17) is 0 Å². The molecule has 2 aromatic rings. The highest BCUT2D eigenvalue weighted by atomic mass is 19.1. The Labute approximate surface area is 153 Å². The van der Waals surface area contributed by atoms with E-state index < -0.39 is 0 Å². The zero-order valence-electron chi connectivity index (χ0n) is 15.3. The van der Waals surface area contributed by atoms with Gasteiger partial charge < -0.3 is 10.7 Å². The molecule has 3 rings (SSSR count). The maximum absolute atomic E-state index is 13.2. The Morgan fingerprint density at radius 2 is 1.81 bits per heavy atom. The third-order valence-corrected chi connectivity index (χ3v) is 4.46. The maximum atomic E-state index is 13.2. The molecule has 4 nitrogen and oxygen atoms in total. The number of aryl methyl sites for hydroxylation is 1. The first-order valence-corrected chi connectivity index (χ1v) is 8.80. The standard InChI is InChI=1S/C21H24FN3O/c1-14(2)20-19(13-25(24-20)18-10-8-17(22)9-11-18)21(26)23-12-16-6-4-15(3)5-7-16/h4-11,14,24H,12-13H2,1-3H3,(H,23,26). The number of hydrazine groups is 1. The molecule has 1 amide bonds. The summed E-state index contributed by atoms with van der Waals surface area (Å²) in [5.74, 6) is -0.173. The number of nitrogens with one attached hydrogen (secondary N) is 2. The van der Waals surface area contributed by atoms with Crippen LogP contribution < -0.4 is 15.8 Å². The van der Waals surface area contributed by atoms with E-state index in [0.717, 1.165) is 22.5 Å². The van der Waals surface area contributed by atoms with Gasteiger partial charge in [0, 0.05) is 12.2 Å². The monoisotopic (exact) mass is 353 g/mol. The fraction of sp³-hybridized carbons (Fsp3) is 0.286.